The highest BCUT2D eigenvalue weighted by Gasteiger charge is 2.08. The number of halogens is 2. The topological polar surface area (TPSA) is 41.5 Å². The second-order valence-electron chi connectivity index (χ2n) is 3.24. The Labute approximate surface area is 108 Å². The van der Waals surface area contributed by atoms with Gasteiger partial charge in [0.1, 0.15) is 11.5 Å². The van der Waals surface area contributed by atoms with Gasteiger partial charge >= 0.3 is 0 Å². The van der Waals surface area contributed by atoms with Gasteiger partial charge in [0, 0.05) is 23.7 Å². The fraction of sp³-hybridized carbons (Fsp3) is 0.273. The van der Waals surface area contributed by atoms with Crippen LogP contribution < -0.4 is 10.1 Å². The molecule has 16 heavy (non-hydrogen) atoms. The second kappa shape index (κ2) is 6.13. The minimum absolute atomic E-state index is 0.202. The van der Waals surface area contributed by atoms with Crippen LogP contribution in [0.2, 0.25) is 0 Å². The summed E-state index contributed by atoms with van der Waals surface area (Å²) in [5, 5.41) is 13.4. The molecule has 5 heteroatoms. The van der Waals surface area contributed by atoms with Crippen LogP contribution in [0.4, 0.5) is 0 Å². The standard InChI is InChI=1S/C11H13BrClNO2/c1-7(13)5-14-6-8-3-9(16-2)4-10(12)11(8)15/h3-4,14-15H,1,5-6H2,2H3. The maximum atomic E-state index is 9.78. The van der Waals surface area contributed by atoms with E-state index in [0.29, 0.717) is 28.3 Å². The van der Waals surface area contributed by atoms with Crippen molar-refractivity contribution in [2.24, 2.45) is 0 Å². The molecule has 0 atom stereocenters. The summed E-state index contributed by atoms with van der Waals surface area (Å²) in [4.78, 5) is 0. The van der Waals surface area contributed by atoms with E-state index < -0.39 is 0 Å². The van der Waals surface area contributed by atoms with Crippen LogP contribution in [-0.4, -0.2) is 18.8 Å². The molecule has 0 aliphatic carbocycles. The fourth-order valence-electron chi connectivity index (χ4n) is 1.21. The van der Waals surface area contributed by atoms with Crippen LogP contribution in [0.15, 0.2) is 28.2 Å². The van der Waals surface area contributed by atoms with Gasteiger partial charge in [-0.3, -0.25) is 0 Å². The monoisotopic (exact) mass is 305 g/mol. The Morgan fingerprint density at radius 2 is 2.31 bits per heavy atom. The van der Waals surface area contributed by atoms with Crippen LogP contribution in [0.1, 0.15) is 5.56 Å². The molecule has 0 aliphatic rings. The number of aromatic hydroxyl groups is 1. The number of methoxy groups -OCH3 is 1. The number of phenolic OH excluding ortho intramolecular Hbond substituents is 1. The first-order valence-corrected chi connectivity index (χ1v) is 5.81. The van der Waals surface area contributed by atoms with Gasteiger partial charge in [-0.15, -0.1) is 0 Å². The summed E-state index contributed by atoms with van der Waals surface area (Å²) in [5.41, 5.74) is 0.740. The molecule has 0 amide bonds. The minimum atomic E-state index is 0.202. The van der Waals surface area contributed by atoms with Gasteiger partial charge in [-0.2, -0.15) is 0 Å². The quantitative estimate of drug-likeness (QED) is 0.878. The summed E-state index contributed by atoms with van der Waals surface area (Å²) in [5.74, 6) is 0.889. The van der Waals surface area contributed by atoms with Crippen LogP contribution in [-0.2, 0) is 6.54 Å². The molecule has 0 aliphatic heterocycles. The molecule has 0 saturated carbocycles. The first-order valence-electron chi connectivity index (χ1n) is 4.64. The van der Waals surface area contributed by atoms with Crippen molar-refractivity contribution in [3.05, 3.63) is 33.8 Å². The van der Waals surface area contributed by atoms with Crippen LogP contribution in [0.25, 0.3) is 0 Å². The molecule has 0 fully saturated rings. The highest BCUT2D eigenvalue weighted by atomic mass is 79.9. The molecule has 2 N–H and O–H groups in total. The molecule has 1 aromatic rings. The average Bonchev–Trinajstić information content (AvgIpc) is 2.23. The maximum Gasteiger partial charge on any atom is 0.134 e. The Hall–Kier alpha value is -0.710. The number of hydrogen-bond donors (Lipinski definition) is 2. The second-order valence-corrected chi connectivity index (χ2v) is 4.63. The van der Waals surface area contributed by atoms with Gasteiger partial charge in [0.05, 0.1) is 11.6 Å². The summed E-state index contributed by atoms with van der Waals surface area (Å²) in [7, 11) is 1.58. The maximum absolute atomic E-state index is 9.78. The Morgan fingerprint density at radius 3 is 2.88 bits per heavy atom. The van der Waals surface area contributed by atoms with Crippen LogP contribution in [0.3, 0.4) is 0 Å². The third kappa shape index (κ3) is 3.70. The molecule has 0 saturated heterocycles. The van der Waals surface area contributed by atoms with Gasteiger partial charge < -0.3 is 15.2 Å². The zero-order valence-electron chi connectivity index (χ0n) is 8.89. The molecule has 0 bridgehead atoms. The van der Waals surface area contributed by atoms with Crippen molar-refractivity contribution in [3.8, 4) is 11.5 Å². The SMILES string of the molecule is C=C(Cl)CNCc1cc(OC)cc(Br)c1O. The van der Waals surface area contributed by atoms with Gasteiger partial charge in [-0.25, -0.2) is 0 Å². The van der Waals surface area contributed by atoms with E-state index in [1.165, 1.54) is 0 Å². The third-order valence-electron chi connectivity index (χ3n) is 1.98. The molecule has 0 radical (unpaired) electrons. The Kier molecular flexibility index (Phi) is 5.12. The molecule has 0 unspecified atom stereocenters. The molecule has 0 heterocycles. The predicted molar refractivity (Wildman–Crippen MR) is 69.1 cm³/mol. The summed E-state index contributed by atoms with van der Waals surface area (Å²) in [6.07, 6.45) is 0. The normalized spacial score (nSPS) is 10.2. The van der Waals surface area contributed by atoms with Gasteiger partial charge in [0.2, 0.25) is 0 Å². The lowest BCUT2D eigenvalue weighted by atomic mass is 10.2. The molecule has 88 valence electrons. The molecule has 3 nitrogen and oxygen atoms in total. The van der Waals surface area contributed by atoms with Crippen molar-refractivity contribution < 1.29 is 9.84 Å². The lowest BCUT2D eigenvalue weighted by molar-refractivity contribution is 0.409. The highest BCUT2D eigenvalue weighted by Crippen LogP contribution is 2.32. The lowest BCUT2D eigenvalue weighted by Crippen LogP contribution is -2.14. The number of nitrogens with one attached hydrogen (secondary N) is 1. The van der Waals surface area contributed by atoms with Crippen LogP contribution in [0.5, 0.6) is 11.5 Å². The zero-order valence-corrected chi connectivity index (χ0v) is 11.2. The van der Waals surface area contributed by atoms with Crippen LogP contribution in [0, 0.1) is 0 Å². The molecule has 1 rings (SSSR count). The van der Waals surface area contributed by atoms with E-state index in [-0.39, 0.29) is 5.75 Å². The smallest absolute Gasteiger partial charge is 0.134 e. The Bertz CT molecular complexity index is 396. The zero-order chi connectivity index (χ0) is 12.1. The van der Waals surface area contributed by atoms with E-state index in [2.05, 4.69) is 27.8 Å². The third-order valence-corrected chi connectivity index (χ3v) is 2.72. The first-order chi connectivity index (χ1) is 7.54. The Balaban J connectivity index is 2.78. The Morgan fingerprint density at radius 1 is 1.62 bits per heavy atom. The van der Waals surface area contributed by atoms with E-state index in [4.69, 9.17) is 16.3 Å². The van der Waals surface area contributed by atoms with Gasteiger partial charge in [0.15, 0.2) is 0 Å². The molecule has 1 aromatic carbocycles. The van der Waals surface area contributed by atoms with Crippen molar-refractivity contribution in [3.63, 3.8) is 0 Å². The van der Waals surface area contributed by atoms with E-state index in [1.54, 1.807) is 19.2 Å². The summed E-state index contributed by atoms with van der Waals surface area (Å²) in [6.45, 7) is 4.56. The van der Waals surface area contributed by atoms with Gasteiger partial charge in [-0.05, 0) is 28.1 Å². The lowest BCUT2D eigenvalue weighted by Gasteiger charge is -2.10. The highest BCUT2D eigenvalue weighted by molar-refractivity contribution is 9.10. The summed E-state index contributed by atoms with van der Waals surface area (Å²) >= 11 is 8.88. The summed E-state index contributed by atoms with van der Waals surface area (Å²) < 4.78 is 5.71. The molecular weight excluding hydrogens is 293 g/mol. The summed E-state index contributed by atoms with van der Waals surface area (Å²) in [6, 6.07) is 3.48. The molecule has 0 spiro atoms. The number of rotatable bonds is 5. The molecular formula is C11H13BrClNO2. The van der Waals surface area contributed by atoms with Crippen molar-refractivity contribution in [1.29, 1.82) is 0 Å². The van der Waals surface area contributed by atoms with Crippen molar-refractivity contribution in [2.75, 3.05) is 13.7 Å². The van der Waals surface area contributed by atoms with Crippen molar-refractivity contribution in [2.45, 2.75) is 6.54 Å². The van der Waals surface area contributed by atoms with E-state index in [9.17, 15) is 5.11 Å². The van der Waals surface area contributed by atoms with Crippen molar-refractivity contribution >= 4 is 27.5 Å². The number of ether oxygens (including phenoxy) is 1. The number of phenols is 1. The molecule has 0 aromatic heterocycles. The van der Waals surface area contributed by atoms with Crippen LogP contribution >= 0.6 is 27.5 Å². The van der Waals surface area contributed by atoms with Crippen molar-refractivity contribution in [1.82, 2.24) is 5.32 Å². The largest absolute Gasteiger partial charge is 0.506 e. The average molecular weight is 307 g/mol. The van der Waals surface area contributed by atoms with Gasteiger partial charge in [-0.1, -0.05) is 18.2 Å². The van der Waals surface area contributed by atoms with E-state index in [1.807, 2.05) is 0 Å². The minimum Gasteiger partial charge on any atom is -0.506 e. The van der Waals surface area contributed by atoms with E-state index >= 15 is 0 Å². The predicted octanol–water partition coefficient (Wildman–Crippen LogP) is 3.01. The van der Waals surface area contributed by atoms with E-state index in [0.717, 1.165) is 5.56 Å². The number of benzene rings is 1. The fourth-order valence-corrected chi connectivity index (χ4v) is 1.79. The number of hydrogen-bond acceptors (Lipinski definition) is 3. The van der Waals surface area contributed by atoms with Gasteiger partial charge in [0.25, 0.3) is 0 Å². The first kappa shape index (κ1) is 13.4.